The average Bonchev–Trinajstić information content (AvgIpc) is 3.21. The molecular weight excluding hydrogens is 274 g/mol. The lowest BCUT2D eigenvalue weighted by molar-refractivity contribution is 0.111. The van der Waals surface area contributed by atoms with Crippen LogP contribution in [0.15, 0.2) is 42.7 Å². The molecule has 3 heterocycles. The van der Waals surface area contributed by atoms with Crippen molar-refractivity contribution in [2.45, 2.75) is 19.3 Å². The molecule has 0 aliphatic carbocycles. The fourth-order valence-corrected chi connectivity index (χ4v) is 3.30. The summed E-state index contributed by atoms with van der Waals surface area (Å²) in [5, 5.41) is 2.27. The van der Waals surface area contributed by atoms with Crippen molar-refractivity contribution in [1.82, 2.24) is 14.6 Å². The summed E-state index contributed by atoms with van der Waals surface area (Å²) in [6.45, 7) is 4.39. The van der Waals surface area contributed by atoms with Gasteiger partial charge in [-0.2, -0.15) is 4.73 Å². The lowest BCUT2D eigenvalue weighted by Gasteiger charge is -2.15. The van der Waals surface area contributed by atoms with Gasteiger partial charge in [0.1, 0.15) is 6.61 Å². The fraction of sp³-hybridized carbons (Fsp3) is 0.389. The van der Waals surface area contributed by atoms with Crippen LogP contribution in [0.3, 0.4) is 0 Å². The van der Waals surface area contributed by atoms with E-state index in [1.165, 1.54) is 25.9 Å². The number of fused-ring (bicyclic) bond motifs is 3. The summed E-state index contributed by atoms with van der Waals surface area (Å²) in [6.07, 6.45) is 7.68. The van der Waals surface area contributed by atoms with Crippen LogP contribution in [0.4, 0.5) is 0 Å². The van der Waals surface area contributed by atoms with Gasteiger partial charge in [0.05, 0.1) is 11.0 Å². The van der Waals surface area contributed by atoms with Crippen LogP contribution >= 0.6 is 0 Å². The maximum absolute atomic E-state index is 5.99. The van der Waals surface area contributed by atoms with Crippen molar-refractivity contribution >= 4 is 21.8 Å². The molecule has 1 aliphatic rings. The highest BCUT2D eigenvalue weighted by Crippen LogP contribution is 2.23. The summed E-state index contributed by atoms with van der Waals surface area (Å²) >= 11 is 0. The van der Waals surface area contributed by atoms with Gasteiger partial charge < -0.3 is 9.74 Å². The number of nitrogens with zero attached hydrogens (tertiary/aromatic N) is 3. The monoisotopic (exact) mass is 295 g/mol. The van der Waals surface area contributed by atoms with Crippen LogP contribution in [0, 0.1) is 0 Å². The zero-order chi connectivity index (χ0) is 14.8. The first kappa shape index (κ1) is 13.6. The largest absolute Gasteiger partial charge is 0.414 e. The van der Waals surface area contributed by atoms with Gasteiger partial charge in [0, 0.05) is 29.7 Å². The maximum Gasteiger partial charge on any atom is 0.116 e. The molecule has 1 aliphatic heterocycles. The molecule has 0 N–H and O–H groups in total. The first-order valence-corrected chi connectivity index (χ1v) is 8.12. The molecule has 1 fully saturated rings. The third-order valence-electron chi connectivity index (χ3n) is 4.43. The van der Waals surface area contributed by atoms with Gasteiger partial charge in [0.2, 0.25) is 0 Å². The Kier molecular flexibility index (Phi) is 3.69. The molecule has 1 saturated heterocycles. The van der Waals surface area contributed by atoms with Gasteiger partial charge in [0.15, 0.2) is 0 Å². The summed E-state index contributed by atoms with van der Waals surface area (Å²) in [5.41, 5.74) is 2.13. The first-order chi connectivity index (χ1) is 10.9. The lowest BCUT2D eigenvalue weighted by Crippen LogP contribution is -2.23. The fourth-order valence-electron chi connectivity index (χ4n) is 3.30. The summed E-state index contributed by atoms with van der Waals surface area (Å²) in [7, 11) is 0. The Morgan fingerprint density at radius 3 is 2.86 bits per heavy atom. The van der Waals surface area contributed by atoms with Crippen molar-refractivity contribution in [1.29, 1.82) is 0 Å². The molecule has 0 radical (unpaired) electrons. The van der Waals surface area contributed by atoms with Crippen LogP contribution in [-0.4, -0.2) is 40.9 Å². The van der Waals surface area contributed by atoms with Gasteiger partial charge in [-0.1, -0.05) is 18.2 Å². The van der Waals surface area contributed by atoms with Gasteiger partial charge in [0.25, 0.3) is 0 Å². The Morgan fingerprint density at radius 2 is 1.95 bits per heavy atom. The van der Waals surface area contributed by atoms with Gasteiger partial charge in [-0.25, -0.2) is 0 Å². The minimum atomic E-state index is 0.747. The molecule has 1 aromatic carbocycles. The molecule has 0 atom stereocenters. The number of hydrogen-bond donors (Lipinski definition) is 0. The Labute approximate surface area is 130 Å². The maximum atomic E-state index is 5.99. The van der Waals surface area contributed by atoms with Crippen LogP contribution in [0.2, 0.25) is 0 Å². The minimum Gasteiger partial charge on any atom is -0.414 e. The van der Waals surface area contributed by atoms with Gasteiger partial charge in [-0.3, -0.25) is 4.98 Å². The molecule has 0 saturated carbocycles. The molecule has 4 nitrogen and oxygen atoms in total. The number of likely N-dealkylation sites (tertiary alicyclic amines) is 1. The normalized spacial score (nSPS) is 15.8. The molecule has 4 heteroatoms. The predicted molar refractivity (Wildman–Crippen MR) is 89.0 cm³/mol. The number of pyridine rings is 1. The van der Waals surface area contributed by atoms with Crippen molar-refractivity contribution in [2.24, 2.45) is 0 Å². The summed E-state index contributed by atoms with van der Waals surface area (Å²) < 4.78 is 1.91. The van der Waals surface area contributed by atoms with Crippen molar-refractivity contribution in [2.75, 3.05) is 26.2 Å². The average molecular weight is 295 g/mol. The predicted octanol–water partition coefficient (Wildman–Crippen LogP) is 3.10. The summed E-state index contributed by atoms with van der Waals surface area (Å²) in [4.78, 5) is 13.0. The standard InChI is InChI=1S/C18H21N3O/c1-2-7-17-16(6-1)18-15(14-19-17)8-12-21(18)22-13-5-11-20-9-3-4-10-20/h1-2,6-8,12,14H,3-5,9-11,13H2. The van der Waals surface area contributed by atoms with Gasteiger partial charge in [-0.05, 0) is 44.5 Å². The molecule has 114 valence electrons. The number of rotatable bonds is 5. The van der Waals surface area contributed by atoms with Crippen molar-refractivity contribution in [3.63, 3.8) is 0 Å². The van der Waals surface area contributed by atoms with Gasteiger partial charge in [-0.15, -0.1) is 0 Å². The van der Waals surface area contributed by atoms with E-state index in [1.54, 1.807) is 0 Å². The molecule has 0 bridgehead atoms. The van der Waals surface area contributed by atoms with Crippen molar-refractivity contribution in [3.05, 3.63) is 42.7 Å². The highest BCUT2D eigenvalue weighted by molar-refractivity contribution is 6.03. The molecule has 2 aromatic heterocycles. The van der Waals surface area contributed by atoms with Crippen molar-refractivity contribution < 1.29 is 4.84 Å². The molecule has 22 heavy (non-hydrogen) atoms. The van der Waals surface area contributed by atoms with Crippen LogP contribution in [0.25, 0.3) is 21.8 Å². The Balaban J connectivity index is 1.50. The number of hydrogen-bond acceptors (Lipinski definition) is 3. The SMILES string of the molecule is c1ccc2c(c1)ncc1ccn(OCCCN3CCCC3)c12. The second-order valence-corrected chi connectivity index (χ2v) is 5.96. The molecular formula is C18H21N3O. The quantitative estimate of drug-likeness (QED) is 0.678. The highest BCUT2D eigenvalue weighted by atomic mass is 16.7. The first-order valence-electron chi connectivity index (χ1n) is 8.12. The van der Waals surface area contributed by atoms with E-state index in [0.29, 0.717) is 0 Å². The zero-order valence-electron chi connectivity index (χ0n) is 12.7. The molecule has 4 rings (SSSR count). The molecule has 0 unspecified atom stereocenters. The van der Waals surface area contributed by atoms with E-state index < -0.39 is 0 Å². The third-order valence-corrected chi connectivity index (χ3v) is 4.43. The van der Waals surface area contributed by atoms with E-state index in [1.807, 2.05) is 35.3 Å². The Bertz CT molecular complexity index is 774. The van der Waals surface area contributed by atoms with Gasteiger partial charge >= 0.3 is 0 Å². The van der Waals surface area contributed by atoms with E-state index in [2.05, 4.69) is 22.0 Å². The van der Waals surface area contributed by atoms with E-state index in [4.69, 9.17) is 4.84 Å². The van der Waals surface area contributed by atoms with E-state index >= 15 is 0 Å². The van der Waals surface area contributed by atoms with Crippen molar-refractivity contribution in [3.8, 4) is 0 Å². The van der Waals surface area contributed by atoms with E-state index in [0.717, 1.165) is 41.4 Å². The highest BCUT2D eigenvalue weighted by Gasteiger charge is 2.11. The lowest BCUT2D eigenvalue weighted by atomic mass is 10.2. The van der Waals surface area contributed by atoms with E-state index in [9.17, 15) is 0 Å². The topological polar surface area (TPSA) is 30.3 Å². The molecule has 3 aromatic rings. The van der Waals surface area contributed by atoms with Crippen LogP contribution in [0.5, 0.6) is 0 Å². The summed E-state index contributed by atoms with van der Waals surface area (Å²) in [5.74, 6) is 0. The third kappa shape index (κ3) is 2.55. The second kappa shape index (κ2) is 5.97. The molecule has 0 amide bonds. The minimum absolute atomic E-state index is 0.747. The zero-order valence-corrected chi connectivity index (χ0v) is 12.7. The molecule has 0 spiro atoms. The summed E-state index contributed by atoms with van der Waals surface area (Å²) in [6, 6.07) is 10.3. The van der Waals surface area contributed by atoms with Crippen LogP contribution < -0.4 is 4.84 Å². The van der Waals surface area contributed by atoms with E-state index in [-0.39, 0.29) is 0 Å². The number of benzene rings is 1. The smallest absolute Gasteiger partial charge is 0.116 e. The Morgan fingerprint density at radius 1 is 1.09 bits per heavy atom. The van der Waals surface area contributed by atoms with Crippen LogP contribution in [0.1, 0.15) is 19.3 Å². The number of aromatic nitrogens is 2. The Hall–Kier alpha value is -2.07. The number of para-hydroxylation sites is 1. The second-order valence-electron chi connectivity index (χ2n) is 5.96. The van der Waals surface area contributed by atoms with Crippen LogP contribution in [-0.2, 0) is 0 Å².